The van der Waals surface area contributed by atoms with E-state index in [2.05, 4.69) is 15.3 Å². The fourth-order valence-corrected chi connectivity index (χ4v) is 3.32. The number of halogens is 1. The quantitative estimate of drug-likeness (QED) is 0.515. The number of thiophene rings is 1. The van der Waals surface area contributed by atoms with Crippen LogP contribution in [0.4, 0.5) is 11.6 Å². The maximum atomic E-state index is 11.2. The molecule has 0 saturated heterocycles. The number of nitrogen functional groups attached to an aromatic ring is 1. The summed E-state index contributed by atoms with van der Waals surface area (Å²) in [6, 6.07) is 7.29. The third-order valence-corrected chi connectivity index (χ3v) is 4.71. The minimum Gasteiger partial charge on any atom is -0.397 e. The molecule has 0 radical (unpaired) electrons. The van der Waals surface area contributed by atoms with Gasteiger partial charge in [-0.05, 0) is 12.1 Å². The van der Waals surface area contributed by atoms with Crippen molar-refractivity contribution in [1.29, 1.82) is 0 Å². The summed E-state index contributed by atoms with van der Waals surface area (Å²) in [7, 11) is 1.63. The average Bonchev–Trinajstić information content (AvgIpc) is 2.91. The van der Waals surface area contributed by atoms with Gasteiger partial charge in [-0.2, -0.15) is 0 Å². The van der Waals surface area contributed by atoms with E-state index in [1.54, 1.807) is 19.2 Å². The van der Waals surface area contributed by atoms with E-state index < -0.39 is 0 Å². The van der Waals surface area contributed by atoms with E-state index in [4.69, 9.17) is 22.1 Å². The van der Waals surface area contributed by atoms with E-state index in [1.807, 2.05) is 12.1 Å². The minimum atomic E-state index is 0.401. The molecule has 24 heavy (non-hydrogen) atoms. The highest BCUT2D eigenvalue weighted by molar-refractivity contribution is 7.21. The van der Waals surface area contributed by atoms with Gasteiger partial charge in [-0.1, -0.05) is 23.7 Å². The van der Waals surface area contributed by atoms with Gasteiger partial charge in [-0.25, -0.2) is 9.97 Å². The number of rotatable bonds is 6. The number of fused-ring (bicyclic) bond motifs is 1. The second-order valence-corrected chi connectivity index (χ2v) is 6.47. The number of anilines is 2. The molecule has 0 fully saturated rings. The molecule has 3 aromatic rings. The van der Waals surface area contributed by atoms with Gasteiger partial charge in [0.2, 0.25) is 5.95 Å². The second-order valence-electron chi connectivity index (χ2n) is 5.00. The molecule has 0 spiro atoms. The molecule has 124 valence electrons. The number of nitrogens with one attached hydrogen (secondary N) is 1. The lowest BCUT2D eigenvalue weighted by Crippen LogP contribution is -2.10. The summed E-state index contributed by atoms with van der Waals surface area (Å²) < 4.78 is 5.02. The van der Waals surface area contributed by atoms with Gasteiger partial charge in [0.15, 0.2) is 6.29 Å². The van der Waals surface area contributed by atoms with Crippen LogP contribution in [0.2, 0.25) is 5.02 Å². The maximum Gasteiger partial charge on any atom is 0.224 e. The smallest absolute Gasteiger partial charge is 0.224 e. The molecule has 0 aliphatic rings. The Morgan fingerprint density at radius 2 is 2.08 bits per heavy atom. The van der Waals surface area contributed by atoms with Crippen molar-refractivity contribution in [3.63, 3.8) is 0 Å². The number of methoxy groups -OCH3 is 1. The number of aldehydes is 1. The number of nitrogens with zero attached hydrogens (tertiary/aromatic N) is 2. The van der Waals surface area contributed by atoms with Gasteiger partial charge in [0.25, 0.3) is 0 Å². The highest BCUT2D eigenvalue weighted by Gasteiger charge is 2.18. The normalized spacial score (nSPS) is 10.9. The first-order chi connectivity index (χ1) is 11.6. The molecular weight excluding hydrogens is 348 g/mol. The van der Waals surface area contributed by atoms with Crippen LogP contribution in [0.25, 0.3) is 21.5 Å². The SMILES string of the molecule is COCCNc1nc(-c2ccc(Cl)cc2)c2c(N)c(C=O)sc2n1. The molecule has 0 unspecified atom stereocenters. The largest absolute Gasteiger partial charge is 0.397 e. The zero-order chi connectivity index (χ0) is 17.1. The lowest BCUT2D eigenvalue weighted by molar-refractivity contribution is 0.112. The van der Waals surface area contributed by atoms with Gasteiger partial charge in [0.1, 0.15) is 4.83 Å². The topological polar surface area (TPSA) is 90.1 Å². The Morgan fingerprint density at radius 3 is 2.75 bits per heavy atom. The Balaban J connectivity index is 2.17. The fraction of sp³-hybridized carbons (Fsp3) is 0.188. The predicted octanol–water partition coefficient (Wildman–Crippen LogP) is 3.46. The third kappa shape index (κ3) is 3.19. The van der Waals surface area contributed by atoms with Crippen molar-refractivity contribution >= 4 is 51.1 Å². The molecular formula is C16H15ClN4O2S. The molecule has 3 rings (SSSR count). The third-order valence-electron chi connectivity index (χ3n) is 3.43. The second kappa shape index (κ2) is 7.12. The number of hydrogen-bond donors (Lipinski definition) is 2. The first-order valence-corrected chi connectivity index (χ1v) is 8.37. The van der Waals surface area contributed by atoms with Gasteiger partial charge >= 0.3 is 0 Å². The zero-order valence-electron chi connectivity index (χ0n) is 12.9. The van der Waals surface area contributed by atoms with Crippen LogP contribution in [0.3, 0.4) is 0 Å². The molecule has 0 atom stereocenters. The van der Waals surface area contributed by atoms with Gasteiger partial charge in [-0.15, -0.1) is 11.3 Å². The summed E-state index contributed by atoms with van der Waals surface area (Å²) >= 11 is 7.21. The number of aromatic nitrogens is 2. The van der Waals surface area contributed by atoms with Gasteiger partial charge in [0.05, 0.1) is 28.3 Å². The van der Waals surface area contributed by atoms with Crippen LogP contribution in [0, 0.1) is 0 Å². The number of benzene rings is 1. The van der Waals surface area contributed by atoms with Crippen molar-refractivity contribution in [3.8, 4) is 11.3 Å². The number of hydrogen-bond acceptors (Lipinski definition) is 7. The number of ether oxygens (including phenoxy) is 1. The zero-order valence-corrected chi connectivity index (χ0v) is 14.4. The molecule has 1 aromatic carbocycles. The van der Waals surface area contributed by atoms with E-state index in [0.29, 0.717) is 50.6 Å². The Kier molecular flexibility index (Phi) is 4.94. The Hall–Kier alpha value is -2.22. The molecule has 0 bridgehead atoms. The van der Waals surface area contributed by atoms with Crippen molar-refractivity contribution in [3.05, 3.63) is 34.2 Å². The molecule has 2 aromatic heterocycles. The van der Waals surface area contributed by atoms with Crippen LogP contribution in [0.15, 0.2) is 24.3 Å². The highest BCUT2D eigenvalue weighted by Crippen LogP contribution is 2.38. The van der Waals surface area contributed by atoms with Crippen LogP contribution in [-0.2, 0) is 4.74 Å². The Labute approximate surface area is 147 Å². The number of nitrogens with two attached hydrogens (primary N) is 1. The van der Waals surface area contributed by atoms with E-state index in [0.717, 1.165) is 11.8 Å². The van der Waals surface area contributed by atoms with Crippen LogP contribution in [0.1, 0.15) is 9.67 Å². The van der Waals surface area contributed by atoms with Gasteiger partial charge in [-0.3, -0.25) is 4.79 Å². The Morgan fingerprint density at radius 1 is 1.33 bits per heavy atom. The average molecular weight is 363 g/mol. The minimum absolute atomic E-state index is 0.401. The van der Waals surface area contributed by atoms with Crippen LogP contribution in [-0.4, -0.2) is 36.5 Å². The van der Waals surface area contributed by atoms with Crippen molar-refractivity contribution < 1.29 is 9.53 Å². The fourth-order valence-electron chi connectivity index (χ4n) is 2.29. The lowest BCUT2D eigenvalue weighted by atomic mass is 10.1. The Bertz CT molecular complexity index is 880. The van der Waals surface area contributed by atoms with Crippen LogP contribution >= 0.6 is 22.9 Å². The number of carbonyl (C=O) groups excluding carboxylic acids is 1. The molecule has 0 aliphatic carbocycles. The van der Waals surface area contributed by atoms with Crippen molar-refractivity contribution in [2.24, 2.45) is 0 Å². The van der Waals surface area contributed by atoms with Crippen molar-refractivity contribution in [2.45, 2.75) is 0 Å². The van der Waals surface area contributed by atoms with Crippen molar-refractivity contribution in [2.75, 3.05) is 31.3 Å². The predicted molar refractivity (Wildman–Crippen MR) is 98.0 cm³/mol. The summed E-state index contributed by atoms with van der Waals surface area (Å²) in [5.74, 6) is 0.461. The van der Waals surface area contributed by atoms with Crippen LogP contribution < -0.4 is 11.1 Å². The first kappa shape index (κ1) is 16.6. The van der Waals surface area contributed by atoms with E-state index >= 15 is 0 Å². The summed E-state index contributed by atoms with van der Waals surface area (Å²) in [6.45, 7) is 1.10. The van der Waals surface area contributed by atoms with E-state index in [9.17, 15) is 4.79 Å². The molecule has 2 heterocycles. The summed E-state index contributed by atoms with van der Waals surface area (Å²) in [4.78, 5) is 21.4. The monoisotopic (exact) mass is 362 g/mol. The molecule has 3 N–H and O–H groups in total. The van der Waals surface area contributed by atoms with Gasteiger partial charge in [0, 0.05) is 24.2 Å². The highest BCUT2D eigenvalue weighted by atomic mass is 35.5. The molecule has 0 saturated carbocycles. The lowest BCUT2D eigenvalue weighted by Gasteiger charge is -2.09. The number of carbonyl (C=O) groups is 1. The summed E-state index contributed by atoms with van der Waals surface area (Å²) in [5.41, 5.74) is 8.04. The summed E-state index contributed by atoms with van der Waals surface area (Å²) in [6.07, 6.45) is 0.741. The standard InChI is InChI=1S/C16H15ClN4O2S/c1-23-7-6-19-16-20-14(9-2-4-10(17)5-3-9)12-13(18)11(8-22)24-15(12)21-16/h2-5,8H,6-7,18H2,1H3,(H,19,20,21). The summed E-state index contributed by atoms with van der Waals surface area (Å²) in [5, 5.41) is 4.43. The molecule has 8 heteroatoms. The molecule has 6 nitrogen and oxygen atoms in total. The maximum absolute atomic E-state index is 11.2. The molecule has 0 aliphatic heterocycles. The van der Waals surface area contributed by atoms with Crippen molar-refractivity contribution in [1.82, 2.24) is 9.97 Å². The first-order valence-electron chi connectivity index (χ1n) is 7.18. The van der Waals surface area contributed by atoms with E-state index in [-0.39, 0.29) is 0 Å². The van der Waals surface area contributed by atoms with E-state index in [1.165, 1.54) is 11.3 Å². The van der Waals surface area contributed by atoms with Crippen LogP contribution in [0.5, 0.6) is 0 Å². The van der Waals surface area contributed by atoms with Gasteiger partial charge < -0.3 is 15.8 Å². The molecule has 0 amide bonds.